The van der Waals surface area contributed by atoms with Gasteiger partial charge in [0, 0.05) is 23.9 Å². The standard InChI is InChI=1S/C25H26N2O5S/c1-16-26-14-19(33-16)15-32-25(29)21-12-13-23(28)27(17-8-10-18(30-2)11-9-17)24(21)20-6-4-5-7-22(20)31-3/h4-11,14,21,24H,12-13,15H2,1-3H3/t21-,24+/m1/s1. The van der Waals surface area contributed by atoms with Crippen LogP contribution in [0.25, 0.3) is 0 Å². The zero-order valence-corrected chi connectivity index (χ0v) is 19.6. The summed E-state index contributed by atoms with van der Waals surface area (Å²) in [6, 6.07) is 14.2. The number of benzene rings is 2. The van der Waals surface area contributed by atoms with Gasteiger partial charge in [-0.05, 0) is 43.7 Å². The first-order valence-corrected chi connectivity index (χ1v) is 11.5. The number of amides is 1. The minimum atomic E-state index is -0.563. The molecular formula is C25H26N2O5S. The molecule has 33 heavy (non-hydrogen) atoms. The highest BCUT2D eigenvalue weighted by atomic mass is 32.1. The molecule has 0 unspecified atom stereocenters. The number of ether oxygens (including phenoxy) is 3. The number of esters is 1. The summed E-state index contributed by atoms with van der Waals surface area (Å²) >= 11 is 1.50. The summed E-state index contributed by atoms with van der Waals surface area (Å²) in [5.74, 6) is 0.357. The fourth-order valence-corrected chi connectivity index (χ4v) is 4.88. The minimum Gasteiger partial charge on any atom is -0.497 e. The van der Waals surface area contributed by atoms with Crippen molar-refractivity contribution in [1.29, 1.82) is 0 Å². The second-order valence-corrected chi connectivity index (χ2v) is 9.07. The Morgan fingerprint density at radius 1 is 1.12 bits per heavy atom. The highest BCUT2D eigenvalue weighted by Crippen LogP contribution is 2.43. The number of aryl methyl sites for hydroxylation is 1. The minimum absolute atomic E-state index is 0.0572. The Hall–Kier alpha value is -3.39. The van der Waals surface area contributed by atoms with E-state index < -0.39 is 12.0 Å². The Morgan fingerprint density at radius 2 is 1.88 bits per heavy atom. The molecular weight excluding hydrogens is 440 g/mol. The fourth-order valence-electron chi connectivity index (χ4n) is 4.17. The third-order valence-corrected chi connectivity index (χ3v) is 6.62. The van der Waals surface area contributed by atoms with Crippen LogP contribution in [0.5, 0.6) is 11.5 Å². The van der Waals surface area contributed by atoms with Gasteiger partial charge in [0.05, 0.1) is 36.1 Å². The van der Waals surface area contributed by atoms with Gasteiger partial charge in [-0.3, -0.25) is 9.59 Å². The molecule has 1 fully saturated rings. The molecule has 2 heterocycles. The SMILES string of the molecule is COc1ccc(N2C(=O)CC[C@@H](C(=O)OCc3cnc(C)s3)[C@@H]2c2ccccc2OC)cc1. The average Bonchev–Trinajstić information content (AvgIpc) is 3.27. The molecule has 0 radical (unpaired) electrons. The zero-order valence-electron chi connectivity index (χ0n) is 18.8. The number of para-hydroxylation sites is 1. The maximum atomic E-state index is 13.3. The Balaban J connectivity index is 1.71. The number of carbonyl (C=O) groups is 2. The number of hydrogen-bond donors (Lipinski definition) is 0. The molecule has 4 rings (SSSR count). The number of aromatic nitrogens is 1. The molecule has 0 saturated carbocycles. The van der Waals surface area contributed by atoms with Crippen LogP contribution >= 0.6 is 11.3 Å². The van der Waals surface area contributed by atoms with Crippen molar-refractivity contribution in [2.24, 2.45) is 5.92 Å². The van der Waals surface area contributed by atoms with Crippen molar-refractivity contribution < 1.29 is 23.8 Å². The van der Waals surface area contributed by atoms with Gasteiger partial charge in [0.1, 0.15) is 18.1 Å². The van der Waals surface area contributed by atoms with E-state index in [2.05, 4.69) is 4.98 Å². The summed E-state index contributed by atoms with van der Waals surface area (Å²) in [4.78, 5) is 33.3. The number of hydrogen-bond acceptors (Lipinski definition) is 7. The van der Waals surface area contributed by atoms with Crippen molar-refractivity contribution >= 4 is 28.9 Å². The quantitative estimate of drug-likeness (QED) is 0.470. The second-order valence-electron chi connectivity index (χ2n) is 7.75. The molecule has 1 saturated heterocycles. The first kappa shape index (κ1) is 22.8. The maximum absolute atomic E-state index is 13.3. The second kappa shape index (κ2) is 10.0. The van der Waals surface area contributed by atoms with Crippen LogP contribution < -0.4 is 14.4 Å². The van der Waals surface area contributed by atoms with Gasteiger partial charge >= 0.3 is 5.97 Å². The summed E-state index contributed by atoms with van der Waals surface area (Å²) in [5, 5.41) is 0.918. The average molecular weight is 467 g/mol. The number of thiazole rings is 1. The van der Waals surface area contributed by atoms with Gasteiger partial charge in [0.15, 0.2) is 0 Å². The van der Waals surface area contributed by atoms with Gasteiger partial charge in [0.2, 0.25) is 5.91 Å². The van der Waals surface area contributed by atoms with E-state index in [9.17, 15) is 9.59 Å². The highest BCUT2D eigenvalue weighted by molar-refractivity contribution is 7.11. The van der Waals surface area contributed by atoms with E-state index in [-0.39, 0.29) is 24.9 Å². The van der Waals surface area contributed by atoms with Gasteiger partial charge in [-0.1, -0.05) is 18.2 Å². The molecule has 2 atom stereocenters. The summed E-state index contributed by atoms with van der Waals surface area (Å²) in [6.45, 7) is 2.07. The Labute approximate surface area is 196 Å². The molecule has 0 bridgehead atoms. The van der Waals surface area contributed by atoms with Crippen molar-refractivity contribution in [3.05, 3.63) is 70.2 Å². The Bertz CT molecular complexity index is 1130. The van der Waals surface area contributed by atoms with Crippen LogP contribution in [0.4, 0.5) is 5.69 Å². The van der Waals surface area contributed by atoms with Gasteiger partial charge < -0.3 is 19.1 Å². The van der Waals surface area contributed by atoms with Gasteiger partial charge in [0.25, 0.3) is 0 Å². The van der Waals surface area contributed by atoms with E-state index in [1.54, 1.807) is 37.4 Å². The molecule has 1 aliphatic heterocycles. The Morgan fingerprint density at radius 3 is 2.55 bits per heavy atom. The normalized spacial score (nSPS) is 18.2. The number of piperidine rings is 1. The maximum Gasteiger partial charge on any atom is 0.311 e. The molecule has 0 aliphatic carbocycles. The topological polar surface area (TPSA) is 78.0 Å². The van der Waals surface area contributed by atoms with Crippen LogP contribution in [0.1, 0.15) is 34.3 Å². The zero-order chi connectivity index (χ0) is 23.4. The van der Waals surface area contributed by atoms with Crippen LogP contribution in [0.2, 0.25) is 0 Å². The van der Waals surface area contributed by atoms with E-state index in [1.165, 1.54) is 11.3 Å². The van der Waals surface area contributed by atoms with E-state index in [0.29, 0.717) is 23.6 Å². The third kappa shape index (κ3) is 4.85. The number of anilines is 1. The van der Waals surface area contributed by atoms with Crippen molar-refractivity contribution in [2.45, 2.75) is 32.4 Å². The summed E-state index contributed by atoms with van der Waals surface area (Å²) in [7, 11) is 3.18. The molecule has 0 spiro atoms. The lowest BCUT2D eigenvalue weighted by Gasteiger charge is -2.40. The van der Waals surface area contributed by atoms with E-state index >= 15 is 0 Å². The lowest BCUT2D eigenvalue weighted by Crippen LogP contribution is -2.46. The molecule has 7 nitrogen and oxygen atoms in total. The van der Waals surface area contributed by atoms with Crippen molar-refractivity contribution in [2.75, 3.05) is 19.1 Å². The number of rotatable bonds is 7. The van der Waals surface area contributed by atoms with Gasteiger partial charge in [-0.2, -0.15) is 0 Å². The molecule has 172 valence electrons. The van der Waals surface area contributed by atoms with Crippen molar-refractivity contribution in [3.63, 3.8) is 0 Å². The molecule has 3 aromatic rings. The monoisotopic (exact) mass is 466 g/mol. The molecule has 8 heteroatoms. The number of nitrogens with zero attached hydrogens (tertiary/aromatic N) is 2. The summed E-state index contributed by atoms with van der Waals surface area (Å²) in [5.41, 5.74) is 1.45. The molecule has 1 aliphatic rings. The lowest BCUT2D eigenvalue weighted by atomic mass is 9.83. The number of methoxy groups -OCH3 is 2. The Kier molecular flexibility index (Phi) is 6.93. The molecule has 0 N–H and O–H groups in total. The van der Waals surface area contributed by atoms with Crippen molar-refractivity contribution in [1.82, 2.24) is 4.98 Å². The largest absolute Gasteiger partial charge is 0.497 e. The predicted molar refractivity (Wildman–Crippen MR) is 126 cm³/mol. The first-order valence-electron chi connectivity index (χ1n) is 10.7. The van der Waals surface area contributed by atoms with Gasteiger partial charge in [-0.15, -0.1) is 11.3 Å². The summed E-state index contributed by atoms with van der Waals surface area (Å²) in [6.07, 6.45) is 2.37. The smallest absolute Gasteiger partial charge is 0.311 e. The summed E-state index contributed by atoms with van der Waals surface area (Å²) < 4.78 is 16.6. The first-order chi connectivity index (χ1) is 16.0. The highest BCUT2D eigenvalue weighted by Gasteiger charge is 2.43. The molecule has 1 aromatic heterocycles. The van der Waals surface area contributed by atoms with Gasteiger partial charge in [-0.25, -0.2) is 4.98 Å². The molecule has 2 aromatic carbocycles. The van der Waals surface area contributed by atoms with Crippen LogP contribution in [0, 0.1) is 12.8 Å². The predicted octanol–water partition coefficient (Wildman–Crippen LogP) is 4.70. The molecule has 1 amide bonds. The van der Waals surface area contributed by atoms with Crippen LogP contribution in [0.15, 0.2) is 54.7 Å². The van der Waals surface area contributed by atoms with Crippen molar-refractivity contribution in [3.8, 4) is 11.5 Å². The van der Waals surface area contributed by atoms with E-state index in [1.807, 2.05) is 43.3 Å². The third-order valence-electron chi connectivity index (χ3n) is 5.73. The fraction of sp³-hybridized carbons (Fsp3) is 0.320. The van der Waals surface area contributed by atoms with E-state index in [4.69, 9.17) is 14.2 Å². The van der Waals surface area contributed by atoms with Crippen LogP contribution in [-0.4, -0.2) is 31.1 Å². The number of carbonyl (C=O) groups excluding carboxylic acids is 2. The van der Waals surface area contributed by atoms with Crippen LogP contribution in [0.3, 0.4) is 0 Å². The van der Waals surface area contributed by atoms with E-state index in [0.717, 1.165) is 15.4 Å². The lowest BCUT2D eigenvalue weighted by molar-refractivity contribution is -0.152. The van der Waals surface area contributed by atoms with Crippen LogP contribution in [-0.2, 0) is 20.9 Å².